The van der Waals surface area contributed by atoms with E-state index in [1.54, 1.807) is 24.4 Å². The average Bonchev–Trinajstić information content (AvgIpc) is 2.74. The number of nitrogens with one attached hydrogen (secondary N) is 2. The lowest BCUT2D eigenvalue weighted by atomic mass is 10.2. The number of halogens is 1. The van der Waals surface area contributed by atoms with Crippen molar-refractivity contribution in [1.29, 1.82) is 0 Å². The summed E-state index contributed by atoms with van der Waals surface area (Å²) in [4.78, 5) is 25.0. The number of carbonyl (C=O) groups is 1. The first-order valence-corrected chi connectivity index (χ1v) is 8.64. The van der Waals surface area contributed by atoms with Crippen molar-refractivity contribution in [3.8, 4) is 0 Å². The first-order valence-electron chi connectivity index (χ1n) is 8.64. The number of hydrogen-bond acceptors (Lipinski definition) is 5. The van der Waals surface area contributed by atoms with E-state index < -0.39 is 0 Å². The molecule has 0 fully saturated rings. The molecular formula is C21H16FN5O. The number of fused-ring (bicyclic) bond motifs is 1. The molecule has 7 heteroatoms. The van der Waals surface area contributed by atoms with Crippen LogP contribution in [0.2, 0.25) is 0 Å². The molecule has 0 aliphatic rings. The van der Waals surface area contributed by atoms with E-state index in [1.807, 2.05) is 30.3 Å². The molecule has 0 aliphatic carbocycles. The van der Waals surface area contributed by atoms with Gasteiger partial charge in [-0.15, -0.1) is 0 Å². The fourth-order valence-corrected chi connectivity index (χ4v) is 2.77. The van der Waals surface area contributed by atoms with Gasteiger partial charge in [-0.3, -0.25) is 9.78 Å². The van der Waals surface area contributed by atoms with Crippen LogP contribution in [0.4, 0.5) is 15.9 Å². The minimum Gasteiger partial charge on any atom is -0.347 e. The molecule has 2 heterocycles. The van der Waals surface area contributed by atoms with Gasteiger partial charge < -0.3 is 10.6 Å². The van der Waals surface area contributed by atoms with Crippen LogP contribution in [0.5, 0.6) is 0 Å². The number of amides is 1. The highest BCUT2D eigenvalue weighted by Gasteiger charge is 2.10. The number of benzene rings is 2. The van der Waals surface area contributed by atoms with E-state index in [9.17, 15) is 9.18 Å². The van der Waals surface area contributed by atoms with Gasteiger partial charge in [-0.2, -0.15) is 0 Å². The molecule has 4 rings (SSSR count). The Bertz CT molecular complexity index is 1130. The minimum absolute atomic E-state index is 0.229. The van der Waals surface area contributed by atoms with Crippen LogP contribution in [0.25, 0.3) is 10.9 Å². The van der Waals surface area contributed by atoms with Gasteiger partial charge >= 0.3 is 0 Å². The molecule has 0 saturated heterocycles. The zero-order valence-electron chi connectivity index (χ0n) is 14.8. The van der Waals surface area contributed by atoms with E-state index in [0.717, 1.165) is 22.2 Å². The monoisotopic (exact) mass is 373 g/mol. The third-order valence-corrected chi connectivity index (χ3v) is 4.16. The highest BCUT2D eigenvalue weighted by molar-refractivity contribution is 5.94. The molecule has 4 aromatic rings. The van der Waals surface area contributed by atoms with E-state index in [-0.39, 0.29) is 24.0 Å². The highest BCUT2D eigenvalue weighted by Crippen LogP contribution is 2.23. The lowest BCUT2D eigenvalue weighted by molar-refractivity contribution is 0.0946. The SMILES string of the molecule is O=C(NCc1ccc(F)cc1)c1cc(Nc2cccc3cccnc23)ncn1. The van der Waals surface area contributed by atoms with Gasteiger partial charge in [0.15, 0.2) is 0 Å². The van der Waals surface area contributed by atoms with Gasteiger partial charge in [0.1, 0.15) is 23.7 Å². The van der Waals surface area contributed by atoms with Crippen molar-refractivity contribution in [3.05, 3.63) is 90.3 Å². The van der Waals surface area contributed by atoms with Crippen LogP contribution in [0, 0.1) is 5.82 Å². The van der Waals surface area contributed by atoms with Crippen LogP contribution in [0.3, 0.4) is 0 Å². The maximum atomic E-state index is 13.0. The average molecular weight is 373 g/mol. The number of nitrogens with zero attached hydrogens (tertiary/aromatic N) is 3. The van der Waals surface area contributed by atoms with Crippen molar-refractivity contribution in [1.82, 2.24) is 20.3 Å². The zero-order chi connectivity index (χ0) is 19.3. The number of anilines is 2. The fourth-order valence-electron chi connectivity index (χ4n) is 2.77. The second kappa shape index (κ2) is 7.79. The third kappa shape index (κ3) is 3.93. The van der Waals surface area contributed by atoms with Crippen molar-refractivity contribution in [2.75, 3.05) is 5.32 Å². The number of rotatable bonds is 5. The molecule has 0 atom stereocenters. The molecule has 0 unspecified atom stereocenters. The Morgan fingerprint density at radius 2 is 1.79 bits per heavy atom. The van der Waals surface area contributed by atoms with Crippen LogP contribution in [0.15, 0.2) is 73.2 Å². The van der Waals surface area contributed by atoms with Crippen LogP contribution >= 0.6 is 0 Å². The summed E-state index contributed by atoms with van der Waals surface area (Å²) in [7, 11) is 0. The second-order valence-electron chi connectivity index (χ2n) is 6.10. The molecule has 0 bridgehead atoms. The van der Waals surface area contributed by atoms with Gasteiger partial charge in [0.2, 0.25) is 0 Å². The third-order valence-electron chi connectivity index (χ3n) is 4.16. The van der Waals surface area contributed by atoms with Gasteiger partial charge in [-0.05, 0) is 29.8 Å². The van der Waals surface area contributed by atoms with Crippen molar-refractivity contribution >= 4 is 28.3 Å². The predicted octanol–water partition coefficient (Wildman–Crippen LogP) is 3.84. The van der Waals surface area contributed by atoms with E-state index in [1.165, 1.54) is 18.5 Å². The van der Waals surface area contributed by atoms with E-state index in [4.69, 9.17) is 0 Å². The van der Waals surface area contributed by atoms with Crippen molar-refractivity contribution in [2.45, 2.75) is 6.54 Å². The summed E-state index contributed by atoms with van der Waals surface area (Å²) in [5.74, 6) is -0.171. The summed E-state index contributed by atoms with van der Waals surface area (Å²) < 4.78 is 13.0. The largest absolute Gasteiger partial charge is 0.347 e. The lowest BCUT2D eigenvalue weighted by Gasteiger charge is -2.09. The Morgan fingerprint density at radius 3 is 2.64 bits per heavy atom. The van der Waals surface area contributed by atoms with Gasteiger partial charge in [-0.1, -0.05) is 30.3 Å². The molecule has 0 spiro atoms. The maximum Gasteiger partial charge on any atom is 0.270 e. The Labute approximate surface area is 160 Å². The molecule has 138 valence electrons. The molecule has 0 saturated carbocycles. The van der Waals surface area contributed by atoms with Crippen LogP contribution in [-0.4, -0.2) is 20.9 Å². The van der Waals surface area contributed by atoms with Gasteiger partial charge in [0.25, 0.3) is 5.91 Å². The van der Waals surface area contributed by atoms with Crippen molar-refractivity contribution in [2.24, 2.45) is 0 Å². The number of carbonyl (C=O) groups excluding carboxylic acids is 1. The normalized spacial score (nSPS) is 10.6. The van der Waals surface area contributed by atoms with Gasteiger partial charge in [0.05, 0.1) is 11.2 Å². The van der Waals surface area contributed by atoms with Crippen LogP contribution in [0.1, 0.15) is 16.1 Å². The highest BCUT2D eigenvalue weighted by atomic mass is 19.1. The number of para-hydroxylation sites is 1. The fraction of sp³-hybridized carbons (Fsp3) is 0.0476. The summed E-state index contributed by atoms with van der Waals surface area (Å²) in [6.07, 6.45) is 3.05. The Morgan fingerprint density at radius 1 is 0.964 bits per heavy atom. The molecule has 28 heavy (non-hydrogen) atoms. The van der Waals surface area contributed by atoms with Crippen LogP contribution < -0.4 is 10.6 Å². The zero-order valence-corrected chi connectivity index (χ0v) is 14.8. The Kier molecular flexibility index (Phi) is 4.88. The summed E-state index contributed by atoms with van der Waals surface area (Å²) in [5.41, 5.74) is 2.62. The Hall–Kier alpha value is -3.87. The molecule has 0 aliphatic heterocycles. The van der Waals surface area contributed by atoms with Crippen LogP contribution in [-0.2, 0) is 6.54 Å². The molecular weight excluding hydrogens is 357 g/mol. The summed E-state index contributed by atoms with van der Waals surface area (Å²) in [5, 5.41) is 6.95. The molecule has 6 nitrogen and oxygen atoms in total. The summed E-state index contributed by atoms with van der Waals surface area (Å²) in [6.45, 7) is 0.277. The molecule has 2 aromatic carbocycles. The smallest absolute Gasteiger partial charge is 0.270 e. The summed E-state index contributed by atoms with van der Waals surface area (Å²) in [6, 6.07) is 17.2. The summed E-state index contributed by atoms with van der Waals surface area (Å²) >= 11 is 0. The first-order chi connectivity index (χ1) is 13.7. The molecule has 0 radical (unpaired) electrons. The van der Waals surface area contributed by atoms with Gasteiger partial charge in [-0.25, -0.2) is 14.4 Å². The van der Waals surface area contributed by atoms with E-state index in [0.29, 0.717) is 5.82 Å². The number of hydrogen-bond donors (Lipinski definition) is 2. The minimum atomic E-state index is -0.342. The van der Waals surface area contributed by atoms with Gasteiger partial charge in [0, 0.05) is 24.2 Å². The number of pyridine rings is 1. The topological polar surface area (TPSA) is 79.8 Å². The molecule has 2 aromatic heterocycles. The van der Waals surface area contributed by atoms with Crippen molar-refractivity contribution in [3.63, 3.8) is 0 Å². The van der Waals surface area contributed by atoms with E-state index in [2.05, 4.69) is 25.6 Å². The van der Waals surface area contributed by atoms with Crippen molar-refractivity contribution < 1.29 is 9.18 Å². The standard InChI is InChI=1S/C21H16FN5O/c22-16-8-6-14(7-9-16)12-24-21(28)18-11-19(26-13-25-18)27-17-5-1-3-15-4-2-10-23-20(15)17/h1-11,13H,12H2,(H,24,28)(H,25,26,27). The lowest BCUT2D eigenvalue weighted by Crippen LogP contribution is -2.24. The number of aromatic nitrogens is 3. The molecule has 1 amide bonds. The maximum absolute atomic E-state index is 13.0. The second-order valence-corrected chi connectivity index (χ2v) is 6.10. The first kappa shape index (κ1) is 17.5. The van der Waals surface area contributed by atoms with E-state index >= 15 is 0 Å². The Balaban J connectivity index is 1.49. The molecule has 2 N–H and O–H groups in total. The predicted molar refractivity (Wildman–Crippen MR) is 105 cm³/mol. The quantitative estimate of drug-likeness (QED) is 0.556.